The molecule has 2 fully saturated rings. The molecule has 2 amide bonds. The maximum atomic E-state index is 12.6. The first kappa shape index (κ1) is 16.5. The van der Waals surface area contributed by atoms with Gasteiger partial charge in [0.1, 0.15) is 5.54 Å². The topological polar surface area (TPSA) is 67.4 Å². The average Bonchev–Trinajstić information content (AvgIpc) is 3.25. The first-order chi connectivity index (χ1) is 11.1. The monoisotopic (exact) mass is 336 g/mol. The Balaban J connectivity index is 1.72. The molecule has 5 nitrogen and oxygen atoms in total. The third kappa shape index (κ3) is 3.43. The molecule has 1 saturated heterocycles. The quantitative estimate of drug-likeness (QED) is 0.888. The number of amides is 2. The van der Waals surface area contributed by atoms with Crippen molar-refractivity contribution in [1.29, 1.82) is 0 Å². The van der Waals surface area contributed by atoms with Crippen LogP contribution in [0.1, 0.15) is 65.6 Å². The van der Waals surface area contributed by atoms with Crippen molar-refractivity contribution in [3.63, 3.8) is 0 Å². The summed E-state index contributed by atoms with van der Waals surface area (Å²) in [5.41, 5.74) is -0.752. The predicted octanol–water partition coefficient (Wildman–Crippen LogP) is 2.78. The van der Waals surface area contributed by atoms with E-state index in [2.05, 4.69) is 10.6 Å². The highest BCUT2D eigenvalue weighted by molar-refractivity contribution is 7.14. The van der Waals surface area contributed by atoms with Gasteiger partial charge < -0.3 is 15.4 Å². The highest BCUT2D eigenvalue weighted by Gasteiger charge is 2.40. The smallest absolute Gasteiger partial charge is 0.262 e. The van der Waals surface area contributed by atoms with Gasteiger partial charge in [-0.05, 0) is 37.8 Å². The van der Waals surface area contributed by atoms with Crippen LogP contribution in [0.5, 0.6) is 0 Å². The molecular weight excluding hydrogens is 312 g/mol. The fraction of sp³-hybridized carbons (Fsp3) is 0.647. The Bertz CT molecular complexity index is 572. The minimum atomic E-state index is -0.752. The molecule has 3 rings (SSSR count). The second-order valence-electron chi connectivity index (χ2n) is 6.38. The summed E-state index contributed by atoms with van der Waals surface area (Å²) in [6.45, 7) is 0.796. The molecule has 1 atom stereocenters. The van der Waals surface area contributed by atoms with E-state index in [1.807, 2.05) is 12.1 Å². The van der Waals surface area contributed by atoms with Crippen molar-refractivity contribution >= 4 is 23.2 Å². The normalized spacial score (nSPS) is 23.4. The SMILES string of the molecule is CNC(=O)C1(NC(=O)c2ccc([C@@H]3CCCO3)s2)CCCCC1. The highest BCUT2D eigenvalue weighted by Crippen LogP contribution is 2.34. The Labute approximate surface area is 140 Å². The van der Waals surface area contributed by atoms with Crippen LogP contribution in [0.15, 0.2) is 12.1 Å². The van der Waals surface area contributed by atoms with Gasteiger partial charge >= 0.3 is 0 Å². The van der Waals surface area contributed by atoms with Gasteiger partial charge in [-0.1, -0.05) is 19.3 Å². The van der Waals surface area contributed by atoms with Crippen molar-refractivity contribution in [2.75, 3.05) is 13.7 Å². The molecule has 2 heterocycles. The Morgan fingerprint density at radius 2 is 2.00 bits per heavy atom. The fourth-order valence-electron chi connectivity index (χ4n) is 3.53. The standard InChI is InChI=1S/C17H24N2O3S/c1-18-16(21)17(9-3-2-4-10-17)19-15(20)14-8-7-13(23-14)12-6-5-11-22-12/h7-8,12H,2-6,9-11H2,1H3,(H,18,21)(H,19,20)/t12-/m0/s1. The van der Waals surface area contributed by atoms with Crippen LogP contribution >= 0.6 is 11.3 Å². The molecule has 1 aromatic rings. The molecule has 0 aromatic carbocycles. The summed E-state index contributed by atoms with van der Waals surface area (Å²) in [5, 5.41) is 5.73. The molecule has 23 heavy (non-hydrogen) atoms. The molecule has 2 N–H and O–H groups in total. The molecule has 0 unspecified atom stereocenters. The van der Waals surface area contributed by atoms with Crippen LogP contribution in [0.4, 0.5) is 0 Å². The molecular formula is C17H24N2O3S. The summed E-state index contributed by atoms with van der Waals surface area (Å²) in [6.07, 6.45) is 6.71. The third-order valence-corrected chi connectivity index (χ3v) is 6.00. The molecule has 0 spiro atoms. The number of hydrogen-bond acceptors (Lipinski definition) is 4. The van der Waals surface area contributed by atoms with Crippen molar-refractivity contribution in [3.05, 3.63) is 21.9 Å². The van der Waals surface area contributed by atoms with Crippen molar-refractivity contribution in [3.8, 4) is 0 Å². The van der Waals surface area contributed by atoms with Gasteiger partial charge in [-0.3, -0.25) is 9.59 Å². The number of thiophene rings is 1. The molecule has 6 heteroatoms. The van der Waals surface area contributed by atoms with Crippen LogP contribution in [-0.4, -0.2) is 31.0 Å². The lowest BCUT2D eigenvalue weighted by Crippen LogP contribution is -2.59. The second-order valence-corrected chi connectivity index (χ2v) is 7.50. The van der Waals surface area contributed by atoms with Gasteiger partial charge in [0.15, 0.2) is 0 Å². The van der Waals surface area contributed by atoms with Gasteiger partial charge in [-0.25, -0.2) is 0 Å². The average molecular weight is 336 g/mol. The van der Waals surface area contributed by atoms with E-state index in [4.69, 9.17) is 4.74 Å². The molecule has 0 radical (unpaired) electrons. The lowest BCUT2D eigenvalue weighted by molar-refractivity contribution is -0.128. The summed E-state index contributed by atoms with van der Waals surface area (Å²) in [5.74, 6) is -0.230. The van der Waals surface area contributed by atoms with Crippen molar-refractivity contribution in [1.82, 2.24) is 10.6 Å². The number of carbonyl (C=O) groups is 2. The molecule has 126 valence electrons. The Morgan fingerprint density at radius 3 is 2.65 bits per heavy atom. The summed E-state index contributed by atoms with van der Waals surface area (Å²) in [4.78, 5) is 26.7. The fourth-order valence-corrected chi connectivity index (χ4v) is 4.52. The predicted molar refractivity (Wildman–Crippen MR) is 89.6 cm³/mol. The summed E-state index contributed by atoms with van der Waals surface area (Å²) < 4.78 is 5.67. The highest BCUT2D eigenvalue weighted by atomic mass is 32.1. The number of hydrogen-bond donors (Lipinski definition) is 2. The minimum Gasteiger partial charge on any atom is -0.373 e. The van der Waals surface area contributed by atoms with E-state index in [-0.39, 0.29) is 17.9 Å². The van der Waals surface area contributed by atoms with E-state index in [9.17, 15) is 9.59 Å². The van der Waals surface area contributed by atoms with Crippen LogP contribution in [0.25, 0.3) is 0 Å². The Kier molecular flexibility index (Phi) is 5.02. The van der Waals surface area contributed by atoms with Gasteiger partial charge in [-0.2, -0.15) is 0 Å². The zero-order valence-corrected chi connectivity index (χ0v) is 14.3. The van der Waals surface area contributed by atoms with E-state index in [1.54, 1.807) is 7.05 Å². The summed E-state index contributed by atoms with van der Waals surface area (Å²) in [7, 11) is 1.63. The molecule has 1 aliphatic heterocycles. The maximum absolute atomic E-state index is 12.6. The van der Waals surface area contributed by atoms with Gasteiger partial charge in [0.05, 0.1) is 11.0 Å². The van der Waals surface area contributed by atoms with Gasteiger partial charge in [0.2, 0.25) is 5.91 Å². The van der Waals surface area contributed by atoms with E-state index in [1.165, 1.54) is 11.3 Å². The zero-order valence-electron chi connectivity index (χ0n) is 13.5. The number of rotatable bonds is 4. The van der Waals surface area contributed by atoms with Crippen LogP contribution in [0.3, 0.4) is 0 Å². The molecule has 1 aromatic heterocycles. The molecule has 1 aliphatic carbocycles. The molecule has 0 bridgehead atoms. The van der Waals surface area contributed by atoms with E-state index < -0.39 is 5.54 Å². The van der Waals surface area contributed by atoms with E-state index in [0.717, 1.165) is 43.6 Å². The Hall–Kier alpha value is -1.40. The number of likely N-dealkylation sites (N-methyl/N-ethyl adjacent to an activating group) is 1. The van der Waals surface area contributed by atoms with Crippen molar-refractivity contribution in [2.45, 2.75) is 56.6 Å². The Morgan fingerprint density at radius 1 is 1.22 bits per heavy atom. The largest absolute Gasteiger partial charge is 0.373 e. The third-order valence-electron chi connectivity index (χ3n) is 4.82. The lowest BCUT2D eigenvalue weighted by atomic mass is 9.80. The van der Waals surface area contributed by atoms with E-state index in [0.29, 0.717) is 17.7 Å². The molecule has 2 aliphatic rings. The van der Waals surface area contributed by atoms with Crippen molar-refractivity contribution in [2.24, 2.45) is 0 Å². The number of nitrogens with one attached hydrogen (secondary N) is 2. The molecule has 1 saturated carbocycles. The summed E-state index contributed by atoms with van der Waals surface area (Å²) in [6, 6.07) is 3.82. The van der Waals surface area contributed by atoms with Gasteiger partial charge in [0.25, 0.3) is 5.91 Å². The maximum Gasteiger partial charge on any atom is 0.262 e. The van der Waals surface area contributed by atoms with Crippen molar-refractivity contribution < 1.29 is 14.3 Å². The summed E-state index contributed by atoms with van der Waals surface area (Å²) >= 11 is 1.48. The van der Waals surface area contributed by atoms with Crippen LogP contribution in [0, 0.1) is 0 Å². The van der Waals surface area contributed by atoms with Gasteiger partial charge in [-0.15, -0.1) is 11.3 Å². The lowest BCUT2D eigenvalue weighted by Gasteiger charge is -2.36. The minimum absolute atomic E-state index is 0.0820. The number of ether oxygens (including phenoxy) is 1. The zero-order chi connectivity index (χ0) is 16.3. The first-order valence-corrected chi connectivity index (χ1v) is 9.22. The van der Waals surface area contributed by atoms with Crippen LogP contribution < -0.4 is 10.6 Å². The van der Waals surface area contributed by atoms with E-state index >= 15 is 0 Å². The second kappa shape index (κ2) is 7.01. The first-order valence-electron chi connectivity index (χ1n) is 8.41. The number of carbonyl (C=O) groups excluding carboxylic acids is 2. The van der Waals surface area contributed by atoms with Crippen LogP contribution in [0.2, 0.25) is 0 Å². The van der Waals surface area contributed by atoms with Crippen LogP contribution in [-0.2, 0) is 9.53 Å². The van der Waals surface area contributed by atoms with Gasteiger partial charge in [0, 0.05) is 18.5 Å².